The van der Waals surface area contributed by atoms with E-state index in [1.165, 1.54) is 16.9 Å². The summed E-state index contributed by atoms with van der Waals surface area (Å²) >= 11 is 0. The molecule has 0 fully saturated rings. The number of halogens is 1. The van der Waals surface area contributed by atoms with Crippen molar-refractivity contribution in [3.05, 3.63) is 41.8 Å². The smallest absolute Gasteiger partial charge is 0.148 e. The molecule has 0 bridgehead atoms. The van der Waals surface area contributed by atoms with Gasteiger partial charge in [0.15, 0.2) is 0 Å². The van der Waals surface area contributed by atoms with Crippen LogP contribution in [0, 0.1) is 5.82 Å². The van der Waals surface area contributed by atoms with E-state index in [-0.39, 0.29) is 18.1 Å². The third kappa shape index (κ3) is 1.57. The summed E-state index contributed by atoms with van der Waals surface area (Å²) in [5, 5.41) is 12.8. The number of aromatic nitrogens is 2. The molecule has 0 aliphatic carbocycles. The number of nitrogens with two attached hydrogens (primary N) is 1. The minimum Gasteiger partial charge on any atom is -0.391 e. The molecule has 1 aromatic heterocycles. The van der Waals surface area contributed by atoms with Gasteiger partial charge in [-0.3, -0.25) is 0 Å². The predicted octanol–water partition coefficient (Wildman–Crippen LogP) is 1.09. The van der Waals surface area contributed by atoms with E-state index in [1.54, 1.807) is 18.2 Å². The molecule has 15 heavy (non-hydrogen) atoms. The average molecular weight is 207 g/mol. The van der Waals surface area contributed by atoms with E-state index >= 15 is 0 Å². The topological polar surface area (TPSA) is 64.1 Å². The number of para-hydroxylation sites is 1. The fraction of sp³-hybridized carbons (Fsp3) is 0.100. The summed E-state index contributed by atoms with van der Waals surface area (Å²) in [5.74, 6) is -0.153. The number of nitrogens with zero attached hydrogens (tertiary/aromatic N) is 2. The van der Waals surface area contributed by atoms with E-state index in [0.29, 0.717) is 5.56 Å². The van der Waals surface area contributed by atoms with Crippen molar-refractivity contribution in [1.82, 2.24) is 9.78 Å². The van der Waals surface area contributed by atoms with Crippen molar-refractivity contribution in [3.8, 4) is 5.69 Å². The molecule has 0 aliphatic heterocycles. The standard InChI is InChI=1S/C10H10FN3O/c11-8-3-1-2-4-9(8)14-10(12)7(6-15)5-13-14/h1-5,15H,6,12H2. The number of benzene rings is 1. The molecule has 0 radical (unpaired) electrons. The van der Waals surface area contributed by atoms with Crippen LogP contribution in [0.15, 0.2) is 30.5 Å². The van der Waals surface area contributed by atoms with E-state index in [4.69, 9.17) is 10.8 Å². The Morgan fingerprint density at radius 3 is 2.73 bits per heavy atom. The Hall–Kier alpha value is -1.88. The van der Waals surface area contributed by atoms with Gasteiger partial charge in [-0.2, -0.15) is 5.10 Å². The van der Waals surface area contributed by atoms with E-state index in [2.05, 4.69) is 5.10 Å². The summed E-state index contributed by atoms with van der Waals surface area (Å²) in [6.07, 6.45) is 1.42. The molecule has 5 heteroatoms. The molecule has 2 rings (SSSR count). The van der Waals surface area contributed by atoms with Crippen LogP contribution < -0.4 is 5.73 Å². The van der Waals surface area contributed by atoms with Crippen LogP contribution in [0.2, 0.25) is 0 Å². The molecular weight excluding hydrogens is 197 g/mol. The molecule has 3 N–H and O–H groups in total. The minimum absolute atomic E-state index is 0.208. The molecular formula is C10H10FN3O. The maximum absolute atomic E-state index is 13.4. The van der Waals surface area contributed by atoms with E-state index in [1.807, 2.05) is 0 Å². The van der Waals surface area contributed by atoms with Crippen LogP contribution >= 0.6 is 0 Å². The second kappa shape index (κ2) is 3.70. The van der Waals surface area contributed by atoms with Crippen LogP contribution in [0.3, 0.4) is 0 Å². The predicted molar refractivity (Wildman–Crippen MR) is 53.9 cm³/mol. The van der Waals surface area contributed by atoms with Gasteiger partial charge in [0.1, 0.15) is 17.3 Å². The Balaban J connectivity index is 2.55. The van der Waals surface area contributed by atoms with Crippen LogP contribution in [0.1, 0.15) is 5.56 Å². The van der Waals surface area contributed by atoms with Gasteiger partial charge in [-0.05, 0) is 12.1 Å². The Labute approximate surface area is 85.8 Å². The number of aliphatic hydroxyl groups is 1. The molecule has 4 nitrogen and oxygen atoms in total. The summed E-state index contributed by atoms with van der Waals surface area (Å²) in [5.41, 5.74) is 6.45. The maximum atomic E-state index is 13.4. The number of hydrogen-bond acceptors (Lipinski definition) is 3. The van der Waals surface area contributed by atoms with Crippen molar-refractivity contribution in [1.29, 1.82) is 0 Å². The Bertz CT molecular complexity index is 481. The Morgan fingerprint density at radius 1 is 1.40 bits per heavy atom. The van der Waals surface area contributed by atoms with Gasteiger partial charge in [0.2, 0.25) is 0 Å². The van der Waals surface area contributed by atoms with E-state index < -0.39 is 5.82 Å². The van der Waals surface area contributed by atoms with Crippen LogP contribution in [-0.2, 0) is 6.61 Å². The molecule has 2 aromatic rings. The lowest BCUT2D eigenvalue weighted by Gasteiger charge is -2.05. The summed E-state index contributed by atoms with van der Waals surface area (Å²) in [6.45, 7) is -0.208. The number of hydrogen-bond donors (Lipinski definition) is 2. The summed E-state index contributed by atoms with van der Waals surface area (Å²) < 4.78 is 14.7. The third-order valence-electron chi connectivity index (χ3n) is 2.14. The molecule has 1 aromatic carbocycles. The molecule has 1 heterocycles. The first-order valence-corrected chi connectivity index (χ1v) is 4.42. The monoisotopic (exact) mass is 207 g/mol. The fourth-order valence-electron chi connectivity index (χ4n) is 1.33. The molecule has 0 saturated heterocycles. The molecule has 78 valence electrons. The lowest BCUT2D eigenvalue weighted by molar-refractivity contribution is 0.282. The highest BCUT2D eigenvalue weighted by molar-refractivity contribution is 5.47. The van der Waals surface area contributed by atoms with Gasteiger partial charge in [0.25, 0.3) is 0 Å². The van der Waals surface area contributed by atoms with Gasteiger partial charge in [-0.15, -0.1) is 0 Å². The molecule has 0 unspecified atom stereocenters. The first-order chi connectivity index (χ1) is 7.24. The Kier molecular flexibility index (Phi) is 2.39. The van der Waals surface area contributed by atoms with Gasteiger partial charge < -0.3 is 10.8 Å². The van der Waals surface area contributed by atoms with Crippen molar-refractivity contribution in [2.24, 2.45) is 0 Å². The average Bonchev–Trinajstić information content (AvgIpc) is 2.60. The maximum Gasteiger partial charge on any atom is 0.148 e. The lowest BCUT2D eigenvalue weighted by Crippen LogP contribution is -2.04. The zero-order valence-corrected chi connectivity index (χ0v) is 7.89. The summed E-state index contributed by atoms with van der Waals surface area (Å²) in [6, 6.07) is 6.18. The fourth-order valence-corrected chi connectivity index (χ4v) is 1.33. The quantitative estimate of drug-likeness (QED) is 0.774. The van der Waals surface area contributed by atoms with E-state index in [9.17, 15) is 4.39 Å². The van der Waals surface area contributed by atoms with Gasteiger partial charge >= 0.3 is 0 Å². The SMILES string of the molecule is Nc1c(CO)cnn1-c1ccccc1F. The van der Waals surface area contributed by atoms with Gasteiger partial charge in [-0.25, -0.2) is 9.07 Å². The van der Waals surface area contributed by atoms with Gasteiger partial charge in [0.05, 0.1) is 12.8 Å². The van der Waals surface area contributed by atoms with Crippen molar-refractivity contribution >= 4 is 5.82 Å². The third-order valence-corrected chi connectivity index (χ3v) is 2.14. The first-order valence-electron chi connectivity index (χ1n) is 4.42. The molecule has 0 saturated carbocycles. The van der Waals surface area contributed by atoms with Gasteiger partial charge in [0, 0.05) is 5.56 Å². The highest BCUT2D eigenvalue weighted by Gasteiger charge is 2.10. The molecule has 0 aliphatic rings. The normalized spacial score (nSPS) is 10.5. The largest absolute Gasteiger partial charge is 0.391 e. The van der Waals surface area contributed by atoms with Crippen molar-refractivity contribution in [2.75, 3.05) is 5.73 Å². The lowest BCUT2D eigenvalue weighted by atomic mass is 10.3. The van der Waals surface area contributed by atoms with Crippen LogP contribution in [0.5, 0.6) is 0 Å². The van der Waals surface area contributed by atoms with Crippen LogP contribution in [0.4, 0.5) is 10.2 Å². The summed E-state index contributed by atoms with van der Waals surface area (Å²) in [7, 11) is 0. The zero-order valence-electron chi connectivity index (χ0n) is 7.89. The second-order valence-electron chi connectivity index (χ2n) is 3.08. The van der Waals surface area contributed by atoms with Crippen LogP contribution in [-0.4, -0.2) is 14.9 Å². The highest BCUT2D eigenvalue weighted by atomic mass is 19.1. The number of aliphatic hydroxyl groups excluding tert-OH is 1. The van der Waals surface area contributed by atoms with Gasteiger partial charge in [-0.1, -0.05) is 12.1 Å². The number of anilines is 1. The summed E-state index contributed by atoms with van der Waals surface area (Å²) in [4.78, 5) is 0. The second-order valence-corrected chi connectivity index (χ2v) is 3.08. The minimum atomic E-state index is -0.406. The van der Waals surface area contributed by atoms with E-state index in [0.717, 1.165) is 0 Å². The van der Waals surface area contributed by atoms with Crippen molar-refractivity contribution in [3.63, 3.8) is 0 Å². The Morgan fingerprint density at radius 2 is 2.13 bits per heavy atom. The molecule has 0 spiro atoms. The highest BCUT2D eigenvalue weighted by Crippen LogP contribution is 2.18. The number of nitrogen functional groups attached to an aromatic ring is 1. The first kappa shape index (κ1) is 9.67. The van der Waals surface area contributed by atoms with Crippen LogP contribution in [0.25, 0.3) is 5.69 Å². The zero-order chi connectivity index (χ0) is 10.8. The van der Waals surface area contributed by atoms with Crippen molar-refractivity contribution in [2.45, 2.75) is 6.61 Å². The molecule has 0 atom stereocenters. The molecule has 0 amide bonds. The number of rotatable bonds is 2. The van der Waals surface area contributed by atoms with Crippen molar-refractivity contribution < 1.29 is 9.50 Å².